The average molecular weight is 380 g/mol. The van der Waals surface area contributed by atoms with Gasteiger partial charge in [0.2, 0.25) is 0 Å². The van der Waals surface area contributed by atoms with Gasteiger partial charge in [-0.25, -0.2) is 12.8 Å². The minimum Gasteiger partial charge on any atom is -0.487 e. The molecule has 106 valence electrons. The summed E-state index contributed by atoms with van der Waals surface area (Å²) >= 11 is 3.36. The summed E-state index contributed by atoms with van der Waals surface area (Å²) in [5.41, 5.74) is 0.828. The van der Waals surface area contributed by atoms with Gasteiger partial charge in [0.05, 0.1) is 0 Å². The number of hydrogen-bond donors (Lipinski definition) is 0. The summed E-state index contributed by atoms with van der Waals surface area (Å²) in [5, 5.41) is 0. The molecule has 0 saturated carbocycles. The van der Waals surface area contributed by atoms with Crippen LogP contribution in [0.4, 0.5) is 4.39 Å². The Bertz CT molecular complexity index is 734. The first-order valence-corrected chi connectivity index (χ1v) is 8.58. The summed E-state index contributed by atoms with van der Waals surface area (Å²) < 4.78 is 42.2. The van der Waals surface area contributed by atoms with E-state index in [1.54, 1.807) is 0 Å². The first-order chi connectivity index (χ1) is 9.38. The molecule has 2 aromatic rings. The molecule has 3 nitrogen and oxygen atoms in total. The first-order valence-electron chi connectivity index (χ1n) is 5.48. The van der Waals surface area contributed by atoms with Crippen molar-refractivity contribution in [3.05, 3.63) is 58.3 Å². The van der Waals surface area contributed by atoms with Crippen LogP contribution in [-0.2, 0) is 15.7 Å². The zero-order valence-electron chi connectivity index (χ0n) is 10.0. The maximum absolute atomic E-state index is 13.1. The molecule has 0 bridgehead atoms. The summed E-state index contributed by atoms with van der Waals surface area (Å²) in [7, 11) is 1.19. The van der Waals surface area contributed by atoms with Gasteiger partial charge in [-0.15, -0.1) is 0 Å². The number of benzene rings is 2. The monoisotopic (exact) mass is 378 g/mol. The first kappa shape index (κ1) is 15.3. The van der Waals surface area contributed by atoms with Gasteiger partial charge in [0.15, 0.2) is 0 Å². The van der Waals surface area contributed by atoms with Crippen LogP contribution >= 0.6 is 26.6 Å². The second-order valence-electron chi connectivity index (χ2n) is 3.91. The lowest BCUT2D eigenvalue weighted by atomic mass is 10.2. The van der Waals surface area contributed by atoms with E-state index < -0.39 is 14.9 Å². The fraction of sp³-hybridized carbons (Fsp3) is 0.0769. The molecule has 0 aromatic heterocycles. The Labute approximate surface area is 128 Å². The van der Waals surface area contributed by atoms with E-state index in [0.717, 1.165) is 22.2 Å². The molecule has 20 heavy (non-hydrogen) atoms. The van der Waals surface area contributed by atoms with Gasteiger partial charge in [-0.05, 0) is 24.3 Å². The normalized spacial score (nSPS) is 11.3. The fourth-order valence-corrected chi connectivity index (χ4v) is 2.94. The molecule has 0 fully saturated rings. The van der Waals surface area contributed by atoms with Crippen molar-refractivity contribution in [1.29, 1.82) is 0 Å². The molecule has 0 aliphatic carbocycles. The standard InChI is InChI=1S/C13H9BrClFO3S/c14-11-4-2-1-3-9(11)8-19-12-6-5-10(16)7-13(12)20(15,17)18/h1-7H,8H2. The van der Waals surface area contributed by atoms with E-state index >= 15 is 0 Å². The molecule has 0 atom stereocenters. The number of ether oxygens (including phenoxy) is 1. The topological polar surface area (TPSA) is 43.4 Å². The average Bonchev–Trinajstić information content (AvgIpc) is 2.38. The van der Waals surface area contributed by atoms with Crippen LogP contribution in [0.3, 0.4) is 0 Å². The molecule has 0 unspecified atom stereocenters. The zero-order chi connectivity index (χ0) is 14.8. The Morgan fingerprint density at radius 1 is 1.20 bits per heavy atom. The van der Waals surface area contributed by atoms with Gasteiger partial charge < -0.3 is 4.74 Å². The number of halogens is 3. The van der Waals surface area contributed by atoms with Crippen molar-refractivity contribution in [1.82, 2.24) is 0 Å². The van der Waals surface area contributed by atoms with Gasteiger partial charge in [-0.3, -0.25) is 0 Å². The number of rotatable bonds is 4. The Morgan fingerprint density at radius 3 is 2.55 bits per heavy atom. The summed E-state index contributed by atoms with van der Waals surface area (Å²) in [4.78, 5) is -0.383. The summed E-state index contributed by atoms with van der Waals surface area (Å²) in [6.07, 6.45) is 0. The molecule has 0 amide bonds. The molecule has 0 aliphatic rings. The molecule has 2 aromatic carbocycles. The Morgan fingerprint density at radius 2 is 1.90 bits per heavy atom. The smallest absolute Gasteiger partial charge is 0.265 e. The SMILES string of the molecule is O=S(=O)(Cl)c1cc(F)ccc1OCc1ccccc1Br. The largest absolute Gasteiger partial charge is 0.487 e. The maximum atomic E-state index is 13.1. The van der Waals surface area contributed by atoms with Crippen molar-refractivity contribution in [3.8, 4) is 5.75 Å². The van der Waals surface area contributed by atoms with E-state index in [-0.39, 0.29) is 17.3 Å². The highest BCUT2D eigenvalue weighted by atomic mass is 79.9. The van der Waals surface area contributed by atoms with Crippen LogP contribution in [0.2, 0.25) is 0 Å². The highest BCUT2D eigenvalue weighted by molar-refractivity contribution is 9.10. The molecule has 0 N–H and O–H groups in total. The lowest BCUT2D eigenvalue weighted by molar-refractivity contribution is 0.296. The molecular formula is C13H9BrClFO3S. The zero-order valence-corrected chi connectivity index (χ0v) is 13.2. The third kappa shape index (κ3) is 3.71. The molecule has 0 spiro atoms. The molecule has 0 radical (unpaired) electrons. The summed E-state index contributed by atoms with van der Waals surface area (Å²) in [6, 6.07) is 10.5. The van der Waals surface area contributed by atoms with Crippen LogP contribution in [0.1, 0.15) is 5.56 Å². The molecule has 0 heterocycles. The van der Waals surface area contributed by atoms with Crippen molar-refractivity contribution in [2.75, 3.05) is 0 Å². The maximum Gasteiger partial charge on any atom is 0.265 e. The van der Waals surface area contributed by atoms with Crippen LogP contribution in [0.25, 0.3) is 0 Å². The van der Waals surface area contributed by atoms with Gasteiger partial charge in [-0.2, -0.15) is 0 Å². The van der Waals surface area contributed by atoms with E-state index in [0.29, 0.717) is 0 Å². The second-order valence-corrected chi connectivity index (χ2v) is 7.30. The van der Waals surface area contributed by atoms with Crippen molar-refractivity contribution >= 4 is 35.7 Å². The lowest BCUT2D eigenvalue weighted by Crippen LogP contribution is -2.01. The molecule has 2 rings (SSSR count). The summed E-state index contributed by atoms with van der Waals surface area (Å²) in [6.45, 7) is 0.131. The molecule has 0 saturated heterocycles. The van der Waals surface area contributed by atoms with Crippen LogP contribution in [0, 0.1) is 5.82 Å². The van der Waals surface area contributed by atoms with Gasteiger partial charge in [0.1, 0.15) is 23.1 Å². The quantitative estimate of drug-likeness (QED) is 0.751. The highest BCUT2D eigenvalue weighted by Crippen LogP contribution is 2.29. The minimum atomic E-state index is -4.07. The molecule has 7 heteroatoms. The van der Waals surface area contributed by atoms with Crippen LogP contribution in [-0.4, -0.2) is 8.42 Å². The predicted molar refractivity (Wildman–Crippen MR) is 77.9 cm³/mol. The van der Waals surface area contributed by atoms with Crippen molar-refractivity contribution in [2.45, 2.75) is 11.5 Å². The predicted octanol–water partition coefficient (Wildman–Crippen LogP) is 4.09. The lowest BCUT2D eigenvalue weighted by Gasteiger charge is -2.10. The van der Waals surface area contributed by atoms with E-state index in [4.69, 9.17) is 15.4 Å². The van der Waals surface area contributed by atoms with Crippen molar-refractivity contribution in [3.63, 3.8) is 0 Å². The summed E-state index contributed by atoms with van der Waals surface area (Å²) in [5.74, 6) is -0.686. The Hall–Kier alpha value is -1.11. The number of hydrogen-bond acceptors (Lipinski definition) is 3. The van der Waals surface area contributed by atoms with E-state index in [1.807, 2.05) is 24.3 Å². The van der Waals surface area contributed by atoms with Gasteiger partial charge in [-0.1, -0.05) is 34.1 Å². The molecule has 0 aliphatic heterocycles. The van der Waals surface area contributed by atoms with E-state index in [1.165, 1.54) is 6.07 Å². The Kier molecular flexibility index (Phi) is 4.67. The Balaban J connectivity index is 2.29. The van der Waals surface area contributed by atoms with Gasteiger partial charge in [0.25, 0.3) is 9.05 Å². The second kappa shape index (κ2) is 6.11. The van der Waals surface area contributed by atoms with Crippen molar-refractivity contribution in [2.24, 2.45) is 0 Å². The van der Waals surface area contributed by atoms with Gasteiger partial charge >= 0.3 is 0 Å². The van der Waals surface area contributed by atoms with Crippen LogP contribution < -0.4 is 4.74 Å². The van der Waals surface area contributed by atoms with E-state index in [9.17, 15) is 12.8 Å². The van der Waals surface area contributed by atoms with Crippen LogP contribution in [0.15, 0.2) is 51.8 Å². The van der Waals surface area contributed by atoms with E-state index in [2.05, 4.69) is 15.9 Å². The third-order valence-electron chi connectivity index (χ3n) is 2.51. The molecular weight excluding hydrogens is 371 g/mol. The van der Waals surface area contributed by atoms with Crippen molar-refractivity contribution < 1.29 is 17.5 Å². The third-order valence-corrected chi connectivity index (χ3v) is 4.63. The van der Waals surface area contributed by atoms with Crippen LogP contribution in [0.5, 0.6) is 5.75 Å². The highest BCUT2D eigenvalue weighted by Gasteiger charge is 2.18. The van der Waals surface area contributed by atoms with Gasteiger partial charge in [0, 0.05) is 20.7 Å². The minimum absolute atomic E-state index is 0.0113. The fourth-order valence-electron chi connectivity index (χ4n) is 1.56.